The van der Waals surface area contributed by atoms with Crippen molar-refractivity contribution >= 4 is 32.3 Å². The molecule has 0 fully saturated rings. The second-order valence-electron chi connectivity index (χ2n) is 4.82. The lowest BCUT2D eigenvalue weighted by atomic mass is 10.2. The number of benzene rings is 1. The second-order valence-corrected chi connectivity index (χ2v) is 7.76. The van der Waals surface area contributed by atoms with Crippen LogP contribution in [-0.4, -0.2) is 20.1 Å². The minimum atomic E-state index is -3.49. The molecule has 116 valence electrons. The van der Waals surface area contributed by atoms with Crippen molar-refractivity contribution in [2.24, 2.45) is 0 Å². The van der Waals surface area contributed by atoms with E-state index in [0.29, 0.717) is 11.3 Å². The Balaban J connectivity index is 1.61. The summed E-state index contributed by atoms with van der Waals surface area (Å²) < 4.78 is 32.2. The largest absolute Gasteiger partial charge is 0.458 e. The fraction of sp³-hybridized carbons (Fsp3) is 0.200. The number of furan rings is 1. The van der Waals surface area contributed by atoms with Crippen LogP contribution in [0.15, 0.2) is 56.5 Å². The standard InChI is InChI=1S/C15H15NO4S2/c17-12(14-10-11-4-1-2-5-13(11)20-14)7-8-16-22(18,19)15-6-3-9-21-15/h1-6,9-10,12,16-17H,7-8H2/t12-/m0/s1. The molecule has 2 aromatic heterocycles. The third kappa shape index (κ3) is 3.22. The predicted molar refractivity (Wildman–Crippen MR) is 85.3 cm³/mol. The van der Waals surface area contributed by atoms with E-state index in [1.807, 2.05) is 24.3 Å². The SMILES string of the molecule is O=S(=O)(NCC[C@H](O)c1cc2ccccc2o1)c1cccs1. The lowest BCUT2D eigenvalue weighted by Crippen LogP contribution is -2.25. The molecule has 0 radical (unpaired) electrons. The molecular weight excluding hydrogens is 322 g/mol. The van der Waals surface area contributed by atoms with Gasteiger partial charge in [0.2, 0.25) is 10.0 Å². The van der Waals surface area contributed by atoms with E-state index in [2.05, 4.69) is 4.72 Å². The first kappa shape index (κ1) is 15.2. The lowest BCUT2D eigenvalue weighted by molar-refractivity contribution is 0.144. The van der Waals surface area contributed by atoms with Gasteiger partial charge in [-0.25, -0.2) is 13.1 Å². The summed E-state index contributed by atoms with van der Waals surface area (Å²) >= 11 is 1.16. The Morgan fingerprint density at radius 2 is 2.05 bits per heavy atom. The number of hydrogen-bond donors (Lipinski definition) is 2. The summed E-state index contributed by atoms with van der Waals surface area (Å²) in [7, 11) is -3.49. The van der Waals surface area contributed by atoms with Gasteiger partial charge in [0.1, 0.15) is 21.7 Å². The van der Waals surface area contributed by atoms with Crippen LogP contribution in [0.25, 0.3) is 11.0 Å². The van der Waals surface area contributed by atoms with Crippen molar-refractivity contribution in [1.82, 2.24) is 4.72 Å². The normalized spacial score (nSPS) is 13.5. The number of sulfonamides is 1. The molecule has 2 N–H and O–H groups in total. The first-order valence-corrected chi connectivity index (χ1v) is 9.12. The fourth-order valence-corrected chi connectivity index (χ4v) is 4.21. The van der Waals surface area contributed by atoms with Crippen LogP contribution in [0.4, 0.5) is 0 Å². The van der Waals surface area contributed by atoms with E-state index >= 15 is 0 Å². The smallest absolute Gasteiger partial charge is 0.250 e. The van der Waals surface area contributed by atoms with Gasteiger partial charge in [0, 0.05) is 11.9 Å². The van der Waals surface area contributed by atoms with Crippen molar-refractivity contribution in [3.8, 4) is 0 Å². The van der Waals surface area contributed by atoms with Crippen LogP contribution in [0.5, 0.6) is 0 Å². The Morgan fingerprint density at radius 3 is 2.77 bits per heavy atom. The molecule has 0 saturated heterocycles. The van der Waals surface area contributed by atoms with E-state index in [1.165, 1.54) is 0 Å². The minimum Gasteiger partial charge on any atom is -0.458 e. The summed E-state index contributed by atoms with van der Waals surface area (Å²) in [4.78, 5) is 0. The molecule has 3 rings (SSSR count). The molecule has 0 aliphatic rings. The molecule has 7 heteroatoms. The summed E-state index contributed by atoms with van der Waals surface area (Å²) in [5.41, 5.74) is 0.704. The van der Waals surface area contributed by atoms with Gasteiger partial charge >= 0.3 is 0 Å². The highest BCUT2D eigenvalue weighted by molar-refractivity contribution is 7.91. The number of aliphatic hydroxyl groups excluding tert-OH is 1. The molecular formula is C15H15NO4S2. The Kier molecular flexibility index (Phi) is 4.30. The molecule has 3 aromatic rings. The highest BCUT2D eigenvalue weighted by atomic mass is 32.2. The van der Waals surface area contributed by atoms with Crippen molar-refractivity contribution < 1.29 is 17.9 Å². The zero-order chi connectivity index (χ0) is 15.6. The van der Waals surface area contributed by atoms with Gasteiger partial charge in [0.05, 0.1) is 0 Å². The molecule has 0 spiro atoms. The van der Waals surface area contributed by atoms with Crippen molar-refractivity contribution in [3.63, 3.8) is 0 Å². The average Bonchev–Trinajstić information content (AvgIpc) is 3.16. The number of nitrogens with one attached hydrogen (secondary N) is 1. The minimum absolute atomic E-state index is 0.137. The van der Waals surface area contributed by atoms with Crippen molar-refractivity contribution in [1.29, 1.82) is 0 Å². The van der Waals surface area contributed by atoms with E-state index < -0.39 is 16.1 Å². The molecule has 0 unspecified atom stereocenters. The third-order valence-corrected chi connectivity index (χ3v) is 6.10. The molecule has 22 heavy (non-hydrogen) atoms. The first-order chi connectivity index (χ1) is 10.6. The average molecular weight is 337 g/mol. The molecule has 0 saturated carbocycles. The van der Waals surface area contributed by atoms with Gasteiger partial charge in [-0.1, -0.05) is 24.3 Å². The number of aliphatic hydroxyl groups is 1. The van der Waals surface area contributed by atoms with Crippen molar-refractivity contribution in [3.05, 3.63) is 53.6 Å². The summed E-state index contributed by atoms with van der Waals surface area (Å²) in [5, 5.41) is 12.7. The maximum atomic E-state index is 11.9. The topological polar surface area (TPSA) is 79.5 Å². The molecule has 0 amide bonds. The number of rotatable bonds is 6. The van der Waals surface area contributed by atoms with Crippen LogP contribution < -0.4 is 4.72 Å². The van der Waals surface area contributed by atoms with Crippen LogP contribution in [0, 0.1) is 0 Å². The fourth-order valence-electron chi connectivity index (χ4n) is 2.13. The first-order valence-electron chi connectivity index (χ1n) is 6.76. The van der Waals surface area contributed by atoms with Gasteiger partial charge in [-0.3, -0.25) is 0 Å². The monoisotopic (exact) mass is 337 g/mol. The summed E-state index contributed by atoms with van der Waals surface area (Å²) in [6.07, 6.45) is -0.608. The number of thiophene rings is 1. The van der Waals surface area contributed by atoms with Gasteiger partial charge in [-0.15, -0.1) is 11.3 Å². The number of para-hydroxylation sites is 1. The molecule has 0 aliphatic carbocycles. The van der Waals surface area contributed by atoms with Crippen LogP contribution in [0.1, 0.15) is 18.3 Å². The van der Waals surface area contributed by atoms with Crippen molar-refractivity contribution in [2.75, 3.05) is 6.54 Å². The van der Waals surface area contributed by atoms with E-state index in [4.69, 9.17) is 4.42 Å². The Labute approximate surface area is 132 Å². The maximum Gasteiger partial charge on any atom is 0.250 e. The summed E-state index contributed by atoms with van der Waals surface area (Å²) in [5.74, 6) is 0.441. The maximum absolute atomic E-state index is 11.9. The van der Waals surface area contributed by atoms with E-state index in [-0.39, 0.29) is 17.2 Å². The van der Waals surface area contributed by atoms with E-state index in [9.17, 15) is 13.5 Å². The van der Waals surface area contributed by atoms with Crippen LogP contribution in [-0.2, 0) is 10.0 Å². The molecule has 0 aliphatic heterocycles. The van der Waals surface area contributed by atoms with Crippen LogP contribution in [0.3, 0.4) is 0 Å². The highest BCUT2D eigenvalue weighted by Gasteiger charge is 2.17. The number of fused-ring (bicyclic) bond motifs is 1. The molecule has 1 aromatic carbocycles. The third-order valence-electron chi connectivity index (χ3n) is 3.24. The van der Waals surface area contributed by atoms with Crippen LogP contribution in [0.2, 0.25) is 0 Å². The highest BCUT2D eigenvalue weighted by Crippen LogP contribution is 2.25. The number of hydrogen-bond acceptors (Lipinski definition) is 5. The van der Waals surface area contributed by atoms with Gasteiger partial charge in [-0.2, -0.15) is 0 Å². The molecule has 5 nitrogen and oxygen atoms in total. The van der Waals surface area contributed by atoms with Gasteiger partial charge in [-0.05, 0) is 30.0 Å². The quantitative estimate of drug-likeness (QED) is 0.725. The summed E-state index contributed by atoms with van der Waals surface area (Å²) in [6, 6.07) is 12.5. The Hall–Kier alpha value is -1.67. The lowest BCUT2D eigenvalue weighted by Gasteiger charge is -2.08. The van der Waals surface area contributed by atoms with E-state index in [1.54, 1.807) is 23.6 Å². The zero-order valence-electron chi connectivity index (χ0n) is 11.6. The van der Waals surface area contributed by atoms with Crippen LogP contribution >= 0.6 is 11.3 Å². The second kappa shape index (κ2) is 6.21. The molecule has 1 atom stereocenters. The van der Waals surface area contributed by atoms with Crippen molar-refractivity contribution in [2.45, 2.75) is 16.7 Å². The van der Waals surface area contributed by atoms with E-state index in [0.717, 1.165) is 16.7 Å². The Bertz CT molecular complexity index is 820. The molecule has 0 bridgehead atoms. The van der Waals surface area contributed by atoms with Gasteiger partial charge < -0.3 is 9.52 Å². The van der Waals surface area contributed by atoms with Gasteiger partial charge in [0.15, 0.2) is 0 Å². The predicted octanol–water partition coefficient (Wildman–Crippen LogP) is 2.90. The zero-order valence-corrected chi connectivity index (χ0v) is 13.2. The Morgan fingerprint density at radius 1 is 1.23 bits per heavy atom. The summed E-state index contributed by atoms with van der Waals surface area (Å²) in [6.45, 7) is 0.137. The van der Waals surface area contributed by atoms with Gasteiger partial charge in [0.25, 0.3) is 0 Å². The molecule has 2 heterocycles.